The molecule has 1 atom stereocenters. The molecule has 2 aromatic carbocycles. The summed E-state index contributed by atoms with van der Waals surface area (Å²) in [6.07, 6.45) is -0.752. The Hall–Kier alpha value is -3.25. The van der Waals surface area contributed by atoms with Crippen LogP contribution in [0.1, 0.15) is 0 Å². The molecule has 0 spiro atoms. The van der Waals surface area contributed by atoms with Crippen LogP contribution in [0.15, 0.2) is 53.4 Å². The number of carbonyl (C=O) groups excluding carboxylic acids is 2. The number of carbonyl (C=O) groups is 2. The van der Waals surface area contributed by atoms with Gasteiger partial charge in [0.1, 0.15) is 6.61 Å². The summed E-state index contributed by atoms with van der Waals surface area (Å²) < 4.78 is 61.0. The second-order valence-electron chi connectivity index (χ2n) is 7.82. The Labute approximate surface area is 195 Å². The molecular formula is C22H23F2N3O6S. The lowest BCUT2D eigenvalue weighted by Gasteiger charge is -2.36. The number of alkyl halides is 2. The molecule has 2 amide bonds. The van der Waals surface area contributed by atoms with Gasteiger partial charge in [0.2, 0.25) is 21.8 Å². The predicted octanol–water partition coefficient (Wildman–Crippen LogP) is 1.61. The molecule has 34 heavy (non-hydrogen) atoms. The SMILES string of the molecule is O=C(CN1CCN(C(=O)C2COc3ccccc3O2)CC1)Nc1ccccc1S(=O)(=O)C(F)F. The summed E-state index contributed by atoms with van der Waals surface area (Å²) in [5.74, 6) is -3.24. The standard InChI is InChI=1S/C22H23F2N3O6S/c23-22(24)34(30,31)19-8-4-1-5-15(19)25-20(28)13-26-9-11-27(12-10-26)21(29)18-14-32-16-6-2-3-7-17(16)33-18/h1-8,18,22H,9-14H2,(H,25,28). The number of benzene rings is 2. The molecule has 1 fully saturated rings. The highest BCUT2D eigenvalue weighted by molar-refractivity contribution is 7.91. The Morgan fingerprint density at radius 2 is 1.65 bits per heavy atom. The van der Waals surface area contributed by atoms with Crippen LogP contribution in [0.3, 0.4) is 0 Å². The number of halogens is 2. The lowest BCUT2D eigenvalue weighted by atomic mass is 10.2. The number of hydrogen-bond acceptors (Lipinski definition) is 7. The molecule has 182 valence electrons. The van der Waals surface area contributed by atoms with Gasteiger partial charge >= 0.3 is 5.76 Å². The van der Waals surface area contributed by atoms with Gasteiger partial charge in [0.05, 0.1) is 17.1 Å². The molecule has 2 heterocycles. The van der Waals surface area contributed by atoms with Crippen LogP contribution in [-0.2, 0) is 19.4 Å². The number of para-hydroxylation sites is 3. The summed E-state index contributed by atoms with van der Waals surface area (Å²) in [7, 11) is -4.86. The molecular weight excluding hydrogens is 472 g/mol. The van der Waals surface area contributed by atoms with Crippen LogP contribution in [0.4, 0.5) is 14.5 Å². The molecule has 0 aliphatic carbocycles. The van der Waals surface area contributed by atoms with Crippen molar-refractivity contribution in [2.45, 2.75) is 16.8 Å². The monoisotopic (exact) mass is 495 g/mol. The maximum atomic E-state index is 12.9. The molecule has 9 nitrogen and oxygen atoms in total. The summed E-state index contributed by atoms with van der Waals surface area (Å²) in [5, 5.41) is 2.40. The van der Waals surface area contributed by atoms with Gasteiger partial charge in [-0.1, -0.05) is 24.3 Å². The first-order valence-corrected chi connectivity index (χ1v) is 12.1. The lowest BCUT2D eigenvalue weighted by molar-refractivity contribution is -0.143. The van der Waals surface area contributed by atoms with Crippen LogP contribution in [0, 0.1) is 0 Å². The topological polar surface area (TPSA) is 105 Å². The second kappa shape index (κ2) is 9.94. The van der Waals surface area contributed by atoms with E-state index in [1.165, 1.54) is 18.2 Å². The molecule has 2 aliphatic rings. The van der Waals surface area contributed by atoms with Crippen LogP contribution in [0.25, 0.3) is 0 Å². The molecule has 12 heteroatoms. The molecule has 0 bridgehead atoms. The molecule has 1 N–H and O–H groups in total. The summed E-state index contributed by atoms with van der Waals surface area (Å²) >= 11 is 0. The maximum absolute atomic E-state index is 12.9. The Kier molecular flexibility index (Phi) is 6.98. The summed E-state index contributed by atoms with van der Waals surface area (Å²) in [4.78, 5) is 28.1. The number of amides is 2. The average molecular weight is 496 g/mol. The highest BCUT2D eigenvalue weighted by atomic mass is 32.2. The summed E-state index contributed by atoms with van der Waals surface area (Å²) in [6, 6.07) is 12.1. The molecule has 2 aliphatic heterocycles. The van der Waals surface area contributed by atoms with E-state index in [1.54, 1.807) is 28.0 Å². The van der Waals surface area contributed by atoms with E-state index in [1.807, 2.05) is 6.07 Å². The number of nitrogens with zero attached hydrogens (tertiary/aromatic N) is 2. The van der Waals surface area contributed by atoms with Gasteiger partial charge in [-0.15, -0.1) is 0 Å². The normalized spacial score (nSPS) is 18.6. The fourth-order valence-corrected chi connectivity index (χ4v) is 4.66. The molecule has 1 unspecified atom stereocenters. The third-order valence-corrected chi connectivity index (χ3v) is 6.98. The van der Waals surface area contributed by atoms with Gasteiger partial charge in [-0.3, -0.25) is 14.5 Å². The van der Waals surface area contributed by atoms with E-state index >= 15 is 0 Å². The fraction of sp³-hybridized carbons (Fsp3) is 0.364. The van der Waals surface area contributed by atoms with Crippen molar-refractivity contribution in [3.63, 3.8) is 0 Å². The molecule has 0 radical (unpaired) electrons. The van der Waals surface area contributed by atoms with E-state index in [0.29, 0.717) is 37.7 Å². The van der Waals surface area contributed by atoms with Gasteiger partial charge in [0.25, 0.3) is 5.91 Å². The molecule has 4 rings (SSSR count). The van der Waals surface area contributed by atoms with Gasteiger partial charge < -0.3 is 19.7 Å². The maximum Gasteiger partial charge on any atom is 0.341 e. The van der Waals surface area contributed by atoms with E-state index in [0.717, 1.165) is 6.07 Å². The fourth-order valence-electron chi connectivity index (χ4n) is 3.78. The van der Waals surface area contributed by atoms with Crippen molar-refractivity contribution in [3.05, 3.63) is 48.5 Å². The highest BCUT2D eigenvalue weighted by Gasteiger charge is 2.33. The van der Waals surface area contributed by atoms with E-state index < -0.39 is 32.5 Å². The van der Waals surface area contributed by atoms with Gasteiger partial charge in [-0.2, -0.15) is 8.78 Å². The molecule has 1 saturated heterocycles. The van der Waals surface area contributed by atoms with E-state index in [9.17, 15) is 26.8 Å². The van der Waals surface area contributed by atoms with Crippen molar-refractivity contribution in [1.82, 2.24) is 9.80 Å². The van der Waals surface area contributed by atoms with Gasteiger partial charge in [0.15, 0.2) is 11.5 Å². The Balaban J connectivity index is 1.30. The van der Waals surface area contributed by atoms with E-state index in [4.69, 9.17) is 9.47 Å². The first kappa shape index (κ1) is 23.9. The predicted molar refractivity (Wildman–Crippen MR) is 118 cm³/mol. The minimum atomic E-state index is -4.86. The Morgan fingerprint density at radius 1 is 1.00 bits per heavy atom. The minimum Gasteiger partial charge on any atom is -0.485 e. The number of nitrogens with one attached hydrogen (secondary N) is 1. The van der Waals surface area contributed by atoms with Crippen LogP contribution in [0.2, 0.25) is 0 Å². The van der Waals surface area contributed by atoms with Crippen molar-refractivity contribution in [2.24, 2.45) is 0 Å². The summed E-state index contributed by atoms with van der Waals surface area (Å²) in [5.41, 5.74) is -0.198. The second-order valence-corrected chi connectivity index (χ2v) is 9.70. The number of rotatable bonds is 6. The van der Waals surface area contributed by atoms with Crippen molar-refractivity contribution in [2.75, 3.05) is 44.6 Å². The highest BCUT2D eigenvalue weighted by Crippen LogP contribution is 2.31. The zero-order valence-electron chi connectivity index (χ0n) is 18.0. The zero-order valence-corrected chi connectivity index (χ0v) is 18.8. The third kappa shape index (κ3) is 5.12. The smallest absolute Gasteiger partial charge is 0.341 e. The quantitative estimate of drug-likeness (QED) is 0.649. The van der Waals surface area contributed by atoms with Crippen LogP contribution < -0.4 is 14.8 Å². The number of hydrogen-bond donors (Lipinski definition) is 1. The molecule has 0 saturated carbocycles. The van der Waals surface area contributed by atoms with Crippen LogP contribution >= 0.6 is 0 Å². The third-order valence-electron chi connectivity index (χ3n) is 5.54. The van der Waals surface area contributed by atoms with Gasteiger partial charge in [-0.25, -0.2) is 8.42 Å². The molecule has 0 aromatic heterocycles. The Morgan fingerprint density at radius 3 is 2.35 bits per heavy atom. The largest absolute Gasteiger partial charge is 0.485 e. The average Bonchev–Trinajstić information content (AvgIpc) is 2.84. The minimum absolute atomic E-state index is 0.0818. The first-order valence-electron chi connectivity index (χ1n) is 10.6. The van der Waals surface area contributed by atoms with Crippen LogP contribution in [-0.4, -0.2) is 81.2 Å². The molecule has 2 aromatic rings. The van der Waals surface area contributed by atoms with Gasteiger partial charge in [-0.05, 0) is 24.3 Å². The number of anilines is 1. The number of piperazine rings is 1. The van der Waals surface area contributed by atoms with Crippen molar-refractivity contribution < 1.29 is 36.3 Å². The van der Waals surface area contributed by atoms with Crippen molar-refractivity contribution in [1.29, 1.82) is 0 Å². The zero-order chi connectivity index (χ0) is 24.3. The number of sulfone groups is 1. The van der Waals surface area contributed by atoms with E-state index in [-0.39, 0.29) is 24.7 Å². The van der Waals surface area contributed by atoms with Crippen molar-refractivity contribution >= 4 is 27.3 Å². The van der Waals surface area contributed by atoms with Gasteiger partial charge in [0, 0.05) is 26.2 Å². The van der Waals surface area contributed by atoms with Crippen molar-refractivity contribution in [3.8, 4) is 11.5 Å². The van der Waals surface area contributed by atoms with Crippen LogP contribution in [0.5, 0.6) is 11.5 Å². The summed E-state index contributed by atoms with van der Waals surface area (Å²) in [6.45, 7) is 1.56. The first-order chi connectivity index (χ1) is 16.3. The van der Waals surface area contributed by atoms with E-state index in [2.05, 4.69) is 5.32 Å². The lowest BCUT2D eigenvalue weighted by Crippen LogP contribution is -2.54. The number of fused-ring (bicyclic) bond motifs is 1. The number of ether oxygens (including phenoxy) is 2. The Bertz CT molecular complexity index is 1170.